The van der Waals surface area contributed by atoms with Crippen LogP contribution >= 0.6 is 11.6 Å². The Morgan fingerprint density at radius 2 is 1.88 bits per heavy atom. The Hall–Kier alpha value is -1.13. The van der Waals surface area contributed by atoms with E-state index in [4.69, 9.17) is 26.8 Å². The molecule has 1 rings (SSSR count). The van der Waals surface area contributed by atoms with Crippen LogP contribution in [0.1, 0.15) is 19.4 Å². The Labute approximate surface area is 99.9 Å². The molecule has 5 heteroatoms. The van der Waals surface area contributed by atoms with Gasteiger partial charge in [0.1, 0.15) is 5.75 Å². The lowest BCUT2D eigenvalue weighted by atomic mass is 9.93. The molecule has 0 aliphatic heterocycles. The van der Waals surface area contributed by atoms with Gasteiger partial charge < -0.3 is 20.3 Å². The molecule has 0 unspecified atom stereocenters. The van der Waals surface area contributed by atoms with Crippen LogP contribution in [0.5, 0.6) is 17.2 Å². The second-order valence-corrected chi connectivity index (χ2v) is 4.42. The van der Waals surface area contributed by atoms with Crippen LogP contribution in [0.4, 0.5) is 0 Å². The maximum Gasteiger partial charge on any atom is 0.167 e. The van der Waals surface area contributed by atoms with Gasteiger partial charge in [-0.2, -0.15) is 0 Å². The molecular weight excluding hydrogens is 230 g/mol. The lowest BCUT2D eigenvalue weighted by Crippen LogP contribution is -2.29. The van der Waals surface area contributed by atoms with Crippen molar-refractivity contribution in [1.29, 1.82) is 0 Å². The molecule has 16 heavy (non-hydrogen) atoms. The Morgan fingerprint density at radius 1 is 1.31 bits per heavy atom. The van der Waals surface area contributed by atoms with Gasteiger partial charge >= 0.3 is 0 Å². The summed E-state index contributed by atoms with van der Waals surface area (Å²) in [5, 5.41) is 9.86. The van der Waals surface area contributed by atoms with Gasteiger partial charge in [0.25, 0.3) is 0 Å². The second-order valence-electron chi connectivity index (χ2n) is 4.04. The molecule has 0 saturated heterocycles. The summed E-state index contributed by atoms with van der Waals surface area (Å²) < 4.78 is 10.3. The van der Waals surface area contributed by atoms with Crippen molar-refractivity contribution in [3.05, 3.63) is 16.7 Å². The first-order chi connectivity index (χ1) is 7.32. The summed E-state index contributed by atoms with van der Waals surface area (Å²) in [4.78, 5) is 0. The number of ether oxygens (including phenoxy) is 2. The smallest absolute Gasteiger partial charge is 0.167 e. The van der Waals surface area contributed by atoms with Crippen LogP contribution in [0, 0.1) is 0 Å². The summed E-state index contributed by atoms with van der Waals surface area (Å²) >= 11 is 6.03. The van der Waals surface area contributed by atoms with Crippen LogP contribution in [0.15, 0.2) is 6.07 Å². The molecule has 0 bridgehead atoms. The first-order valence-corrected chi connectivity index (χ1v) is 5.13. The number of nitrogens with two attached hydrogens (primary N) is 1. The van der Waals surface area contributed by atoms with Crippen LogP contribution < -0.4 is 15.2 Å². The fraction of sp³-hybridized carbons (Fsp3) is 0.455. The third kappa shape index (κ3) is 2.18. The highest BCUT2D eigenvalue weighted by Gasteiger charge is 2.28. The number of benzene rings is 1. The van der Waals surface area contributed by atoms with E-state index in [1.54, 1.807) is 13.8 Å². The minimum atomic E-state index is -0.742. The molecule has 0 radical (unpaired) electrons. The lowest BCUT2D eigenvalue weighted by Gasteiger charge is -2.25. The zero-order valence-electron chi connectivity index (χ0n) is 9.80. The van der Waals surface area contributed by atoms with Crippen LogP contribution in [0.3, 0.4) is 0 Å². The molecule has 0 aliphatic rings. The molecule has 0 amide bonds. The maximum atomic E-state index is 9.67. The van der Waals surface area contributed by atoms with Crippen LogP contribution in [-0.2, 0) is 5.54 Å². The molecule has 90 valence electrons. The number of phenols is 1. The Bertz CT molecular complexity index is 399. The summed E-state index contributed by atoms with van der Waals surface area (Å²) in [5.74, 6) is 0.767. The van der Waals surface area contributed by atoms with E-state index in [1.807, 2.05) is 0 Å². The number of hydrogen-bond acceptors (Lipinski definition) is 4. The van der Waals surface area contributed by atoms with E-state index < -0.39 is 5.54 Å². The molecule has 1 aromatic carbocycles. The minimum absolute atomic E-state index is 0.0761. The summed E-state index contributed by atoms with van der Waals surface area (Å²) in [6.07, 6.45) is 0. The van der Waals surface area contributed by atoms with Gasteiger partial charge in [0.05, 0.1) is 19.2 Å². The van der Waals surface area contributed by atoms with E-state index in [9.17, 15) is 5.11 Å². The number of aromatic hydroxyl groups is 1. The fourth-order valence-electron chi connectivity index (χ4n) is 1.53. The average Bonchev–Trinajstić information content (AvgIpc) is 2.19. The number of hydrogen-bond donors (Lipinski definition) is 2. The third-order valence-corrected chi connectivity index (χ3v) is 2.61. The molecule has 4 nitrogen and oxygen atoms in total. The van der Waals surface area contributed by atoms with Gasteiger partial charge in [0.15, 0.2) is 11.5 Å². The van der Waals surface area contributed by atoms with Gasteiger partial charge in [0, 0.05) is 17.2 Å². The van der Waals surface area contributed by atoms with E-state index in [0.29, 0.717) is 17.1 Å². The molecule has 0 spiro atoms. The van der Waals surface area contributed by atoms with Crippen molar-refractivity contribution < 1.29 is 14.6 Å². The summed E-state index contributed by atoms with van der Waals surface area (Å²) in [6, 6.07) is 1.40. The van der Waals surface area contributed by atoms with Gasteiger partial charge in [-0.05, 0) is 13.8 Å². The molecule has 0 atom stereocenters. The molecule has 1 aromatic rings. The van der Waals surface area contributed by atoms with Crippen molar-refractivity contribution >= 4 is 11.6 Å². The number of rotatable bonds is 3. The van der Waals surface area contributed by atoms with E-state index in [2.05, 4.69) is 0 Å². The topological polar surface area (TPSA) is 64.7 Å². The van der Waals surface area contributed by atoms with Crippen molar-refractivity contribution in [3.63, 3.8) is 0 Å². The number of phenolic OH excluding ortho intramolecular Hbond substituents is 1. The molecule has 0 aromatic heterocycles. The van der Waals surface area contributed by atoms with Crippen molar-refractivity contribution in [2.24, 2.45) is 5.73 Å². The minimum Gasteiger partial charge on any atom is -0.506 e. The van der Waals surface area contributed by atoms with E-state index in [-0.39, 0.29) is 10.8 Å². The van der Waals surface area contributed by atoms with Crippen molar-refractivity contribution in [1.82, 2.24) is 0 Å². The predicted molar refractivity (Wildman–Crippen MR) is 63.4 cm³/mol. The third-order valence-electron chi connectivity index (χ3n) is 2.23. The van der Waals surface area contributed by atoms with E-state index >= 15 is 0 Å². The van der Waals surface area contributed by atoms with Crippen molar-refractivity contribution in [2.45, 2.75) is 19.4 Å². The van der Waals surface area contributed by atoms with Crippen LogP contribution in [0.2, 0.25) is 5.02 Å². The molecular formula is C11H16ClNO3. The van der Waals surface area contributed by atoms with Crippen LogP contribution in [0.25, 0.3) is 0 Å². The highest BCUT2D eigenvalue weighted by Crippen LogP contribution is 2.45. The Balaban J connectivity index is 3.60. The molecule has 0 heterocycles. The zero-order valence-corrected chi connectivity index (χ0v) is 10.6. The standard InChI is InChI=1S/C11H16ClNO3/c1-11(2,13)8-9(12)6(14)5-7(15-3)10(8)16-4/h5,14H,13H2,1-4H3. The highest BCUT2D eigenvalue weighted by molar-refractivity contribution is 6.33. The number of halogens is 1. The lowest BCUT2D eigenvalue weighted by molar-refractivity contribution is 0.340. The largest absolute Gasteiger partial charge is 0.506 e. The fourth-order valence-corrected chi connectivity index (χ4v) is 1.92. The van der Waals surface area contributed by atoms with Gasteiger partial charge in [-0.3, -0.25) is 0 Å². The summed E-state index contributed by atoms with van der Waals surface area (Å²) in [6.45, 7) is 3.55. The van der Waals surface area contributed by atoms with Gasteiger partial charge in [-0.1, -0.05) is 11.6 Å². The Morgan fingerprint density at radius 3 is 2.25 bits per heavy atom. The molecule has 0 fully saturated rings. The van der Waals surface area contributed by atoms with Crippen molar-refractivity contribution in [3.8, 4) is 17.2 Å². The van der Waals surface area contributed by atoms with Gasteiger partial charge in [-0.25, -0.2) is 0 Å². The number of methoxy groups -OCH3 is 2. The van der Waals surface area contributed by atoms with Gasteiger partial charge in [0.2, 0.25) is 0 Å². The zero-order chi connectivity index (χ0) is 12.5. The quantitative estimate of drug-likeness (QED) is 0.857. The van der Waals surface area contributed by atoms with Gasteiger partial charge in [-0.15, -0.1) is 0 Å². The van der Waals surface area contributed by atoms with E-state index in [0.717, 1.165) is 0 Å². The monoisotopic (exact) mass is 245 g/mol. The summed E-state index contributed by atoms with van der Waals surface area (Å²) in [7, 11) is 2.99. The Kier molecular flexibility index (Phi) is 3.55. The average molecular weight is 246 g/mol. The second kappa shape index (κ2) is 4.39. The first-order valence-electron chi connectivity index (χ1n) is 4.75. The predicted octanol–water partition coefficient (Wildman–Crippen LogP) is 2.26. The van der Waals surface area contributed by atoms with Crippen molar-refractivity contribution in [2.75, 3.05) is 14.2 Å². The highest BCUT2D eigenvalue weighted by atomic mass is 35.5. The molecule has 0 saturated carbocycles. The first kappa shape index (κ1) is 12.9. The molecule has 3 N–H and O–H groups in total. The maximum absolute atomic E-state index is 9.67. The van der Waals surface area contributed by atoms with Crippen LogP contribution in [-0.4, -0.2) is 19.3 Å². The summed E-state index contributed by atoms with van der Waals surface area (Å²) in [5.41, 5.74) is 5.78. The molecule has 0 aliphatic carbocycles. The normalized spacial score (nSPS) is 11.4. The van der Waals surface area contributed by atoms with E-state index in [1.165, 1.54) is 20.3 Å². The SMILES string of the molecule is COc1cc(O)c(Cl)c(C(C)(C)N)c1OC.